The maximum absolute atomic E-state index is 12.9. The molecule has 2 N–H and O–H groups in total. The predicted octanol–water partition coefficient (Wildman–Crippen LogP) is 4.68. The number of hydrogen-bond acceptors (Lipinski definition) is 6. The van der Waals surface area contributed by atoms with Crippen LogP contribution in [0.2, 0.25) is 0 Å². The van der Waals surface area contributed by atoms with Gasteiger partial charge in [0.25, 0.3) is 0 Å². The van der Waals surface area contributed by atoms with Gasteiger partial charge >= 0.3 is 11.7 Å². The average molecular weight is 513 g/mol. The maximum atomic E-state index is 12.9. The van der Waals surface area contributed by atoms with Crippen molar-refractivity contribution in [3.8, 4) is 0 Å². The lowest BCUT2D eigenvalue weighted by molar-refractivity contribution is -0.205. The van der Waals surface area contributed by atoms with Crippen LogP contribution < -0.4 is 10.9 Å². The van der Waals surface area contributed by atoms with Gasteiger partial charge in [0.2, 0.25) is 0 Å². The number of aliphatic hydroxyl groups is 1. The lowest BCUT2D eigenvalue weighted by atomic mass is 9.43. The summed E-state index contributed by atoms with van der Waals surface area (Å²) in [5, 5.41) is 15.8. The van der Waals surface area contributed by atoms with Gasteiger partial charge < -0.3 is 24.5 Å². The maximum Gasteiger partial charge on any atom is 0.410 e. The van der Waals surface area contributed by atoms with E-state index >= 15 is 0 Å². The first-order valence-electron chi connectivity index (χ1n) is 14.7. The van der Waals surface area contributed by atoms with Crippen molar-refractivity contribution in [1.29, 1.82) is 0 Å². The van der Waals surface area contributed by atoms with Crippen LogP contribution in [0.15, 0.2) is 27.6 Å². The minimum atomic E-state index is -0.686. The monoisotopic (exact) mass is 512 g/mol. The van der Waals surface area contributed by atoms with Crippen molar-refractivity contribution in [3.63, 3.8) is 0 Å². The third-order valence-corrected chi connectivity index (χ3v) is 11.8. The predicted molar refractivity (Wildman–Crippen MR) is 140 cm³/mol. The Morgan fingerprint density at radius 3 is 2.73 bits per heavy atom. The molecule has 4 saturated carbocycles. The molecule has 0 bridgehead atoms. The van der Waals surface area contributed by atoms with E-state index in [0.717, 1.165) is 96.0 Å². The average Bonchev–Trinajstić information content (AvgIpc) is 3.04. The van der Waals surface area contributed by atoms with E-state index in [2.05, 4.69) is 19.2 Å². The molecule has 0 spiro atoms. The summed E-state index contributed by atoms with van der Waals surface area (Å²) in [6, 6.07) is 3.42. The molecule has 1 aliphatic heterocycles. The Morgan fingerprint density at radius 1 is 1.05 bits per heavy atom. The van der Waals surface area contributed by atoms with Gasteiger partial charge in [0.1, 0.15) is 6.10 Å². The van der Waals surface area contributed by atoms with Crippen LogP contribution in [0.1, 0.15) is 89.5 Å². The fourth-order valence-corrected chi connectivity index (χ4v) is 9.64. The molecule has 6 rings (SSSR count). The summed E-state index contributed by atoms with van der Waals surface area (Å²) in [7, 11) is 0. The number of hydrogen-bond donors (Lipinski definition) is 2. The Balaban J connectivity index is 1.16. The van der Waals surface area contributed by atoms with Gasteiger partial charge in [-0.3, -0.25) is 0 Å². The molecule has 1 aromatic heterocycles. The third-order valence-electron chi connectivity index (χ3n) is 11.8. The molecule has 8 unspecified atom stereocenters. The number of rotatable bonds is 2. The van der Waals surface area contributed by atoms with Crippen LogP contribution >= 0.6 is 0 Å². The van der Waals surface area contributed by atoms with E-state index in [1.165, 1.54) is 6.07 Å². The number of fused-ring (bicyclic) bond motifs is 5. The number of nitrogens with one attached hydrogen (secondary N) is 1. The van der Waals surface area contributed by atoms with Crippen molar-refractivity contribution in [2.24, 2.45) is 28.6 Å². The standard InChI is InChI=1S/C30H44N2O5/c1-28-11-8-22(37-27(34)32-16-3-14-31-15-17-32)18-21(28)5-6-25-24(28)9-12-29(2)23(10-13-30(25,29)35)20-4-7-26(33)36-19-20/h4,7,19,21-25,31,35H,3,5-6,8-18H2,1-2H3. The zero-order valence-electron chi connectivity index (χ0n) is 22.5. The van der Waals surface area contributed by atoms with Crippen LogP contribution in [0.4, 0.5) is 4.79 Å². The first kappa shape index (κ1) is 25.4. The molecule has 1 aromatic rings. The summed E-state index contributed by atoms with van der Waals surface area (Å²) in [6.45, 7) is 8.06. The fourth-order valence-electron chi connectivity index (χ4n) is 9.64. The van der Waals surface area contributed by atoms with Crippen molar-refractivity contribution in [2.45, 2.75) is 95.7 Å². The van der Waals surface area contributed by atoms with E-state index < -0.39 is 5.60 Å². The van der Waals surface area contributed by atoms with Gasteiger partial charge in [-0.15, -0.1) is 0 Å². The van der Waals surface area contributed by atoms with Gasteiger partial charge in [0, 0.05) is 31.1 Å². The summed E-state index contributed by atoms with van der Waals surface area (Å²) >= 11 is 0. The second kappa shape index (κ2) is 9.41. The Hall–Kier alpha value is -1.86. The third kappa shape index (κ3) is 4.07. The van der Waals surface area contributed by atoms with E-state index in [0.29, 0.717) is 17.8 Å². The van der Waals surface area contributed by atoms with E-state index in [9.17, 15) is 14.7 Å². The molecule has 5 fully saturated rings. The Labute approximate surface area is 220 Å². The first-order chi connectivity index (χ1) is 17.7. The summed E-state index contributed by atoms with van der Waals surface area (Å²) < 4.78 is 11.3. The van der Waals surface area contributed by atoms with Crippen LogP contribution in [0.3, 0.4) is 0 Å². The van der Waals surface area contributed by atoms with E-state index in [4.69, 9.17) is 9.15 Å². The van der Waals surface area contributed by atoms with Crippen molar-refractivity contribution in [1.82, 2.24) is 10.2 Å². The molecule has 7 heteroatoms. The van der Waals surface area contributed by atoms with Gasteiger partial charge in [0.15, 0.2) is 0 Å². The number of nitrogens with zero attached hydrogens (tertiary/aromatic N) is 1. The fraction of sp³-hybridized carbons (Fsp3) is 0.800. The van der Waals surface area contributed by atoms with E-state index in [-0.39, 0.29) is 34.6 Å². The quantitative estimate of drug-likeness (QED) is 0.598. The lowest BCUT2D eigenvalue weighted by Gasteiger charge is -2.63. The SMILES string of the molecule is CC12CCC(OC(=O)N3CCCNCC3)CC1CCC1C2CCC2(C)C(c3ccc(=O)oc3)CCC12O. The molecule has 0 aromatic carbocycles. The number of amides is 1. The van der Waals surface area contributed by atoms with Crippen molar-refractivity contribution < 1.29 is 19.1 Å². The minimum absolute atomic E-state index is 0.0128. The molecule has 204 valence electrons. The van der Waals surface area contributed by atoms with Gasteiger partial charge in [-0.2, -0.15) is 0 Å². The Bertz CT molecular complexity index is 1050. The molecular weight excluding hydrogens is 468 g/mol. The molecule has 4 aliphatic carbocycles. The van der Waals surface area contributed by atoms with Crippen molar-refractivity contribution in [2.75, 3.05) is 26.2 Å². The van der Waals surface area contributed by atoms with Crippen LogP contribution in [0.5, 0.6) is 0 Å². The smallest absolute Gasteiger partial charge is 0.410 e. The molecular formula is C30H44N2O5. The summed E-state index contributed by atoms with van der Waals surface area (Å²) in [4.78, 5) is 26.3. The van der Waals surface area contributed by atoms with Crippen LogP contribution in [0, 0.1) is 28.6 Å². The Kier molecular flexibility index (Phi) is 6.46. The highest BCUT2D eigenvalue weighted by molar-refractivity contribution is 5.67. The summed E-state index contributed by atoms with van der Waals surface area (Å²) in [5.74, 6) is 1.57. The number of ether oxygens (including phenoxy) is 1. The highest BCUT2D eigenvalue weighted by Gasteiger charge is 2.67. The second-order valence-electron chi connectivity index (χ2n) is 13.2. The van der Waals surface area contributed by atoms with Gasteiger partial charge in [0.05, 0.1) is 11.9 Å². The summed E-state index contributed by atoms with van der Waals surface area (Å²) in [5.41, 5.74) is 0.0363. The molecule has 5 aliphatic rings. The Morgan fingerprint density at radius 2 is 1.92 bits per heavy atom. The van der Waals surface area contributed by atoms with Crippen LogP contribution in [-0.2, 0) is 4.74 Å². The molecule has 1 saturated heterocycles. The lowest BCUT2D eigenvalue weighted by Crippen LogP contribution is -2.62. The highest BCUT2D eigenvalue weighted by atomic mass is 16.6. The molecule has 37 heavy (non-hydrogen) atoms. The van der Waals surface area contributed by atoms with Crippen molar-refractivity contribution in [3.05, 3.63) is 34.4 Å². The van der Waals surface area contributed by atoms with E-state index in [1.807, 2.05) is 11.0 Å². The van der Waals surface area contributed by atoms with Gasteiger partial charge in [-0.25, -0.2) is 9.59 Å². The number of carbonyl (C=O) groups excluding carboxylic acids is 1. The first-order valence-corrected chi connectivity index (χ1v) is 14.7. The normalized spacial score (nSPS) is 43.8. The van der Waals surface area contributed by atoms with Gasteiger partial charge in [-0.05, 0) is 111 Å². The molecule has 7 nitrogen and oxygen atoms in total. The largest absolute Gasteiger partial charge is 0.446 e. The van der Waals surface area contributed by atoms with Crippen molar-refractivity contribution >= 4 is 6.09 Å². The van der Waals surface area contributed by atoms with E-state index in [1.54, 1.807) is 6.26 Å². The zero-order chi connectivity index (χ0) is 25.8. The van der Waals surface area contributed by atoms with Crippen LogP contribution in [0.25, 0.3) is 0 Å². The van der Waals surface area contributed by atoms with Crippen LogP contribution in [-0.4, -0.2) is 54.0 Å². The zero-order valence-corrected chi connectivity index (χ0v) is 22.5. The topological polar surface area (TPSA) is 92.0 Å². The molecule has 1 amide bonds. The number of carbonyl (C=O) groups is 1. The highest BCUT2D eigenvalue weighted by Crippen LogP contribution is 2.70. The molecule has 0 radical (unpaired) electrons. The van der Waals surface area contributed by atoms with Gasteiger partial charge in [-0.1, -0.05) is 13.8 Å². The molecule has 8 atom stereocenters. The second-order valence-corrected chi connectivity index (χ2v) is 13.2. The minimum Gasteiger partial charge on any atom is -0.446 e. The summed E-state index contributed by atoms with van der Waals surface area (Å²) in [6.07, 6.45) is 11.5. The molecule has 2 heterocycles.